The van der Waals surface area contributed by atoms with Crippen LogP contribution in [0.5, 0.6) is 0 Å². The molecule has 0 unspecified atom stereocenters. The quantitative estimate of drug-likeness (QED) is 0.559. The van der Waals surface area contributed by atoms with Gasteiger partial charge in [-0.25, -0.2) is 4.79 Å². The first-order valence-corrected chi connectivity index (χ1v) is 4.98. The van der Waals surface area contributed by atoms with E-state index in [1.165, 1.54) is 0 Å². The number of ether oxygens (including phenoxy) is 1. The van der Waals surface area contributed by atoms with Crippen LogP contribution in [0.15, 0.2) is 30.8 Å². The number of rotatable bonds is 3. The van der Waals surface area contributed by atoms with E-state index < -0.39 is 0 Å². The third-order valence-electron chi connectivity index (χ3n) is 2.06. The molecular weight excluding hydrogens is 188 g/mol. The number of hydrogen-bond acceptors (Lipinski definition) is 2. The Morgan fingerprint density at radius 3 is 2.47 bits per heavy atom. The second-order valence-electron chi connectivity index (χ2n) is 3.75. The Bertz CT molecular complexity index is 378. The minimum absolute atomic E-state index is 0.113. The molecule has 0 spiro atoms. The zero-order valence-corrected chi connectivity index (χ0v) is 9.41. The van der Waals surface area contributed by atoms with E-state index in [0.29, 0.717) is 5.57 Å². The molecule has 0 atom stereocenters. The summed E-state index contributed by atoms with van der Waals surface area (Å²) < 4.78 is 5.08. The molecule has 0 fully saturated rings. The molecule has 0 aliphatic carbocycles. The molecule has 1 aromatic carbocycles. The molecule has 1 rings (SSSR count). The highest BCUT2D eigenvalue weighted by Crippen LogP contribution is 2.18. The molecule has 15 heavy (non-hydrogen) atoms. The summed E-state index contributed by atoms with van der Waals surface area (Å²) in [6, 6.07) is 7.64. The number of carbonyl (C=O) groups excluding carboxylic acids is 1. The van der Waals surface area contributed by atoms with Crippen LogP contribution in [0.4, 0.5) is 0 Å². The van der Waals surface area contributed by atoms with Crippen molar-refractivity contribution in [2.24, 2.45) is 0 Å². The lowest BCUT2D eigenvalue weighted by Crippen LogP contribution is -2.12. The molecule has 0 N–H and O–H groups in total. The fourth-order valence-electron chi connectivity index (χ4n) is 1.31. The van der Waals surface area contributed by atoms with Gasteiger partial charge in [0.2, 0.25) is 0 Å². The van der Waals surface area contributed by atoms with E-state index in [0.717, 1.165) is 11.1 Å². The van der Waals surface area contributed by atoms with Crippen molar-refractivity contribution in [2.75, 3.05) is 0 Å². The van der Waals surface area contributed by atoms with E-state index >= 15 is 0 Å². The van der Waals surface area contributed by atoms with Gasteiger partial charge >= 0.3 is 5.97 Å². The topological polar surface area (TPSA) is 26.3 Å². The smallest absolute Gasteiger partial charge is 0.338 e. The van der Waals surface area contributed by atoms with E-state index in [2.05, 4.69) is 6.58 Å². The van der Waals surface area contributed by atoms with Gasteiger partial charge in [-0.2, -0.15) is 0 Å². The summed E-state index contributed by atoms with van der Waals surface area (Å²) in [5.41, 5.74) is 2.30. The van der Waals surface area contributed by atoms with Crippen LogP contribution in [0, 0.1) is 6.92 Å². The standard InChI is InChI=1S/C13H16O2/c1-9(2)15-13(14)11(4)12-8-6-5-7-10(12)3/h5-9H,4H2,1-3H3. The van der Waals surface area contributed by atoms with Crippen LogP contribution in [0.1, 0.15) is 25.0 Å². The number of aryl methyl sites for hydroxylation is 1. The number of esters is 1. The van der Waals surface area contributed by atoms with Gasteiger partial charge in [-0.15, -0.1) is 0 Å². The molecule has 0 aromatic heterocycles. The lowest BCUT2D eigenvalue weighted by molar-refractivity contribution is -0.140. The summed E-state index contributed by atoms with van der Waals surface area (Å²) in [5.74, 6) is -0.348. The Morgan fingerprint density at radius 2 is 1.93 bits per heavy atom. The van der Waals surface area contributed by atoms with Gasteiger partial charge in [-0.3, -0.25) is 0 Å². The molecule has 1 aromatic rings. The van der Waals surface area contributed by atoms with E-state index in [1.54, 1.807) is 0 Å². The molecule has 0 radical (unpaired) electrons. The van der Waals surface area contributed by atoms with Crippen molar-refractivity contribution in [1.82, 2.24) is 0 Å². The van der Waals surface area contributed by atoms with Crippen LogP contribution in [-0.4, -0.2) is 12.1 Å². The predicted molar refractivity (Wildman–Crippen MR) is 61.4 cm³/mol. The van der Waals surface area contributed by atoms with Gasteiger partial charge in [0, 0.05) is 0 Å². The van der Waals surface area contributed by atoms with Crippen molar-refractivity contribution in [1.29, 1.82) is 0 Å². The third kappa shape index (κ3) is 2.94. The van der Waals surface area contributed by atoms with Crippen LogP contribution in [0.2, 0.25) is 0 Å². The molecule has 0 amide bonds. The summed E-state index contributed by atoms with van der Waals surface area (Å²) in [4.78, 5) is 11.6. The first kappa shape index (κ1) is 11.5. The Hall–Kier alpha value is -1.57. The first-order chi connectivity index (χ1) is 7.02. The second kappa shape index (κ2) is 4.78. The first-order valence-electron chi connectivity index (χ1n) is 4.98. The highest BCUT2D eigenvalue weighted by atomic mass is 16.5. The molecule has 2 nitrogen and oxygen atoms in total. The molecular formula is C13H16O2. The fourth-order valence-corrected chi connectivity index (χ4v) is 1.31. The molecule has 0 bridgehead atoms. The molecule has 80 valence electrons. The lowest BCUT2D eigenvalue weighted by atomic mass is 10.0. The molecule has 0 aliphatic heterocycles. The Balaban J connectivity index is 2.86. The normalized spacial score (nSPS) is 10.1. The van der Waals surface area contributed by atoms with Gasteiger partial charge in [0.15, 0.2) is 0 Å². The molecule has 2 heteroatoms. The summed E-state index contributed by atoms with van der Waals surface area (Å²) >= 11 is 0. The van der Waals surface area contributed by atoms with Crippen LogP contribution in [0.3, 0.4) is 0 Å². The SMILES string of the molecule is C=C(C(=O)OC(C)C)c1ccccc1C. The van der Waals surface area contributed by atoms with E-state index in [4.69, 9.17) is 4.74 Å². The van der Waals surface area contributed by atoms with Crippen LogP contribution < -0.4 is 0 Å². The van der Waals surface area contributed by atoms with E-state index in [-0.39, 0.29) is 12.1 Å². The van der Waals surface area contributed by atoms with E-state index in [9.17, 15) is 4.79 Å². The zero-order chi connectivity index (χ0) is 11.4. The van der Waals surface area contributed by atoms with Gasteiger partial charge in [0.25, 0.3) is 0 Å². The minimum Gasteiger partial charge on any atom is -0.459 e. The monoisotopic (exact) mass is 204 g/mol. The maximum atomic E-state index is 11.6. The molecule has 0 heterocycles. The lowest BCUT2D eigenvalue weighted by Gasteiger charge is -2.11. The molecule has 0 saturated heterocycles. The van der Waals surface area contributed by atoms with Gasteiger partial charge in [-0.05, 0) is 31.9 Å². The number of carbonyl (C=O) groups is 1. The maximum absolute atomic E-state index is 11.6. The van der Waals surface area contributed by atoms with Crippen molar-refractivity contribution in [3.05, 3.63) is 42.0 Å². The number of hydrogen-bond donors (Lipinski definition) is 0. The largest absolute Gasteiger partial charge is 0.459 e. The van der Waals surface area contributed by atoms with Gasteiger partial charge in [0.05, 0.1) is 11.7 Å². The van der Waals surface area contributed by atoms with Crippen LogP contribution in [-0.2, 0) is 9.53 Å². The van der Waals surface area contributed by atoms with Crippen molar-refractivity contribution < 1.29 is 9.53 Å². The van der Waals surface area contributed by atoms with Gasteiger partial charge < -0.3 is 4.74 Å². The van der Waals surface area contributed by atoms with Gasteiger partial charge in [0.1, 0.15) is 0 Å². The van der Waals surface area contributed by atoms with E-state index in [1.807, 2.05) is 45.0 Å². The average molecular weight is 204 g/mol. The van der Waals surface area contributed by atoms with Crippen LogP contribution in [0.25, 0.3) is 5.57 Å². The van der Waals surface area contributed by atoms with Crippen molar-refractivity contribution in [3.63, 3.8) is 0 Å². The van der Waals surface area contributed by atoms with Gasteiger partial charge in [-0.1, -0.05) is 30.8 Å². The Labute approximate surface area is 90.6 Å². The second-order valence-corrected chi connectivity index (χ2v) is 3.75. The number of benzene rings is 1. The highest BCUT2D eigenvalue weighted by molar-refractivity contribution is 6.16. The maximum Gasteiger partial charge on any atom is 0.338 e. The van der Waals surface area contributed by atoms with Crippen molar-refractivity contribution in [2.45, 2.75) is 26.9 Å². The highest BCUT2D eigenvalue weighted by Gasteiger charge is 2.13. The van der Waals surface area contributed by atoms with Crippen molar-refractivity contribution >= 4 is 11.5 Å². The summed E-state index contributed by atoms with van der Waals surface area (Å²) in [7, 11) is 0. The Morgan fingerprint density at radius 1 is 1.33 bits per heavy atom. The molecule has 0 saturated carbocycles. The molecule has 0 aliphatic rings. The summed E-state index contributed by atoms with van der Waals surface area (Å²) in [6.07, 6.45) is -0.113. The van der Waals surface area contributed by atoms with Crippen molar-refractivity contribution in [3.8, 4) is 0 Å². The third-order valence-corrected chi connectivity index (χ3v) is 2.06. The van der Waals surface area contributed by atoms with Crippen LogP contribution >= 0.6 is 0 Å². The predicted octanol–water partition coefficient (Wildman–Crippen LogP) is 2.96. The summed E-state index contributed by atoms with van der Waals surface area (Å²) in [6.45, 7) is 9.36. The Kier molecular flexibility index (Phi) is 3.67. The zero-order valence-electron chi connectivity index (χ0n) is 9.41. The average Bonchev–Trinajstić information content (AvgIpc) is 2.16. The minimum atomic E-state index is -0.348. The summed E-state index contributed by atoms with van der Waals surface area (Å²) in [5, 5.41) is 0. The fraction of sp³-hybridized carbons (Fsp3) is 0.308.